The van der Waals surface area contributed by atoms with E-state index in [1.54, 1.807) is 6.07 Å². The Hall–Kier alpha value is -2.62. The van der Waals surface area contributed by atoms with Crippen LogP contribution >= 0.6 is 0 Å². The summed E-state index contributed by atoms with van der Waals surface area (Å²) >= 11 is 0. The minimum Gasteiger partial charge on any atom is -0.351 e. The maximum Gasteiger partial charge on any atom is 0.416 e. The second kappa shape index (κ2) is 5.40. The van der Waals surface area contributed by atoms with Gasteiger partial charge in [0.15, 0.2) is 11.6 Å². The quantitative estimate of drug-likeness (QED) is 0.822. The lowest BCUT2D eigenvalue weighted by Gasteiger charge is -2.11. The van der Waals surface area contributed by atoms with Crippen molar-refractivity contribution in [1.29, 1.82) is 5.26 Å². The number of halogens is 5. The highest BCUT2D eigenvalue weighted by molar-refractivity contribution is 5.62. The van der Waals surface area contributed by atoms with Crippen molar-refractivity contribution in [3.05, 3.63) is 59.2 Å². The lowest BCUT2D eigenvalue weighted by Crippen LogP contribution is -2.05. The van der Waals surface area contributed by atoms with Crippen molar-refractivity contribution < 1.29 is 22.0 Å². The Morgan fingerprint density at radius 3 is 1.90 bits per heavy atom. The van der Waals surface area contributed by atoms with Gasteiger partial charge in [0, 0.05) is 5.69 Å². The lowest BCUT2D eigenvalue weighted by molar-refractivity contribution is -0.137. The van der Waals surface area contributed by atoms with E-state index in [2.05, 4.69) is 5.32 Å². The molecule has 0 aliphatic heterocycles. The Morgan fingerprint density at radius 2 is 1.48 bits per heavy atom. The van der Waals surface area contributed by atoms with Crippen molar-refractivity contribution in [3.63, 3.8) is 0 Å². The molecular weight excluding hydrogens is 291 g/mol. The molecule has 2 aromatic rings. The molecule has 0 saturated carbocycles. The molecular formula is C14H7F5N2. The normalized spacial score (nSPS) is 11.0. The second-order valence-corrected chi connectivity index (χ2v) is 4.13. The molecule has 2 aromatic carbocycles. The van der Waals surface area contributed by atoms with Gasteiger partial charge in [-0.15, -0.1) is 0 Å². The summed E-state index contributed by atoms with van der Waals surface area (Å²) in [7, 11) is 0. The van der Waals surface area contributed by atoms with Gasteiger partial charge in [0.2, 0.25) is 0 Å². The van der Waals surface area contributed by atoms with E-state index < -0.39 is 29.1 Å². The van der Waals surface area contributed by atoms with Crippen LogP contribution in [0.1, 0.15) is 11.1 Å². The van der Waals surface area contributed by atoms with Crippen molar-refractivity contribution in [2.75, 3.05) is 5.32 Å². The Balaban J connectivity index is 2.29. The molecule has 2 rings (SSSR count). The molecule has 21 heavy (non-hydrogen) atoms. The van der Waals surface area contributed by atoms with Crippen LogP contribution < -0.4 is 5.32 Å². The van der Waals surface area contributed by atoms with Crippen LogP contribution in [0.5, 0.6) is 0 Å². The summed E-state index contributed by atoms with van der Waals surface area (Å²) in [5, 5.41) is 10.9. The molecule has 0 aromatic heterocycles. The minimum atomic E-state index is -4.48. The number of anilines is 2. The van der Waals surface area contributed by atoms with Crippen molar-refractivity contribution in [2.24, 2.45) is 0 Å². The molecule has 0 aliphatic carbocycles. The van der Waals surface area contributed by atoms with Crippen LogP contribution in [0.3, 0.4) is 0 Å². The molecule has 2 nitrogen and oxygen atoms in total. The average molecular weight is 298 g/mol. The van der Waals surface area contributed by atoms with Crippen molar-refractivity contribution in [2.45, 2.75) is 6.18 Å². The first-order valence-electron chi connectivity index (χ1n) is 5.64. The number of hydrogen-bond acceptors (Lipinski definition) is 2. The number of hydrogen-bond donors (Lipinski definition) is 1. The van der Waals surface area contributed by atoms with Gasteiger partial charge in [-0.2, -0.15) is 18.4 Å². The minimum absolute atomic E-state index is 0.0884. The molecule has 0 amide bonds. The van der Waals surface area contributed by atoms with E-state index in [0.717, 1.165) is 36.4 Å². The third-order valence-electron chi connectivity index (χ3n) is 2.65. The molecule has 0 saturated heterocycles. The number of nitrogens with one attached hydrogen (secondary N) is 1. The van der Waals surface area contributed by atoms with Crippen molar-refractivity contribution in [3.8, 4) is 6.07 Å². The fraction of sp³-hybridized carbons (Fsp3) is 0.0714. The maximum atomic E-state index is 13.6. The van der Waals surface area contributed by atoms with E-state index in [4.69, 9.17) is 5.26 Å². The SMILES string of the molecule is N#Cc1cc(F)c(Nc2ccc(C(F)(F)F)cc2)c(F)c1. The van der Waals surface area contributed by atoms with E-state index in [0.29, 0.717) is 0 Å². The summed E-state index contributed by atoms with van der Waals surface area (Å²) in [5.41, 5.74) is -1.50. The van der Waals surface area contributed by atoms with E-state index in [-0.39, 0.29) is 11.3 Å². The van der Waals surface area contributed by atoms with Crippen molar-refractivity contribution in [1.82, 2.24) is 0 Å². The van der Waals surface area contributed by atoms with Gasteiger partial charge >= 0.3 is 6.18 Å². The van der Waals surface area contributed by atoms with Gasteiger partial charge < -0.3 is 5.32 Å². The Morgan fingerprint density at radius 1 is 0.952 bits per heavy atom. The molecule has 0 bridgehead atoms. The van der Waals surface area contributed by atoms with Crippen LogP contribution in [0, 0.1) is 23.0 Å². The second-order valence-electron chi connectivity index (χ2n) is 4.13. The Bertz CT molecular complexity index is 676. The summed E-state index contributed by atoms with van der Waals surface area (Å²) in [5.74, 6) is -2.02. The van der Waals surface area contributed by atoms with Gasteiger partial charge in [0.1, 0.15) is 5.69 Å². The summed E-state index contributed by atoms with van der Waals surface area (Å²) in [6.07, 6.45) is -4.48. The summed E-state index contributed by atoms with van der Waals surface area (Å²) in [6.45, 7) is 0. The molecule has 108 valence electrons. The highest BCUT2D eigenvalue weighted by atomic mass is 19.4. The number of rotatable bonds is 2. The van der Waals surface area contributed by atoms with E-state index >= 15 is 0 Å². The van der Waals surface area contributed by atoms with Gasteiger partial charge in [-0.25, -0.2) is 8.78 Å². The molecule has 0 aliphatic rings. The first-order valence-corrected chi connectivity index (χ1v) is 5.64. The standard InChI is InChI=1S/C14H7F5N2/c15-11-5-8(7-20)6-12(16)13(11)21-10-3-1-9(2-4-10)14(17,18)19/h1-6,21H. The van der Waals surface area contributed by atoms with Crippen LogP contribution in [0.15, 0.2) is 36.4 Å². The summed E-state index contributed by atoms with van der Waals surface area (Å²) in [4.78, 5) is 0. The summed E-state index contributed by atoms with van der Waals surface area (Å²) in [6, 6.07) is 6.95. The van der Waals surface area contributed by atoms with E-state index in [1.165, 1.54) is 0 Å². The zero-order valence-electron chi connectivity index (χ0n) is 10.3. The monoisotopic (exact) mass is 298 g/mol. The van der Waals surface area contributed by atoms with Crippen molar-refractivity contribution >= 4 is 11.4 Å². The van der Waals surface area contributed by atoms with Crippen LogP contribution in [-0.2, 0) is 6.18 Å². The Labute approximate surface area is 116 Å². The zero-order valence-corrected chi connectivity index (χ0v) is 10.3. The molecule has 1 N–H and O–H groups in total. The first-order chi connectivity index (χ1) is 9.81. The third-order valence-corrected chi connectivity index (χ3v) is 2.65. The smallest absolute Gasteiger partial charge is 0.351 e. The van der Waals surface area contributed by atoms with Crippen LogP contribution in [0.25, 0.3) is 0 Å². The van der Waals surface area contributed by atoms with Gasteiger partial charge in [-0.05, 0) is 36.4 Å². The van der Waals surface area contributed by atoms with Gasteiger partial charge in [0.25, 0.3) is 0 Å². The predicted octanol–water partition coefficient (Wildman–Crippen LogP) is 4.60. The maximum absolute atomic E-state index is 13.6. The largest absolute Gasteiger partial charge is 0.416 e. The molecule has 7 heteroatoms. The average Bonchev–Trinajstić information content (AvgIpc) is 2.42. The molecule has 0 radical (unpaired) electrons. The first kappa shape index (κ1) is 14.8. The fourth-order valence-corrected chi connectivity index (χ4v) is 1.64. The van der Waals surface area contributed by atoms with E-state index in [9.17, 15) is 22.0 Å². The molecule has 0 heterocycles. The fourth-order valence-electron chi connectivity index (χ4n) is 1.64. The third kappa shape index (κ3) is 3.28. The Kier molecular flexibility index (Phi) is 3.80. The molecule has 0 fully saturated rings. The van der Waals surface area contributed by atoms with Crippen LogP contribution in [0.4, 0.5) is 33.3 Å². The highest BCUT2D eigenvalue weighted by Gasteiger charge is 2.30. The number of nitrogens with zero attached hydrogens (tertiary/aromatic N) is 1. The van der Waals surface area contributed by atoms with Gasteiger partial charge in [-0.3, -0.25) is 0 Å². The highest BCUT2D eigenvalue weighted by Crippen LogP contribution is 2.31. The van der Waals surface area contributed by atoms with Gasteiger partial charge in [-0.1, -0.05) is 0 Å². The molecule has 0 unspecified atom stereocenters. The van der Waals surface area contributed by atoms with Gasteiger partial charge in [0.05, 0.1) is 17.2 Å². The number of benzene rings is 2. The summed E-state index contributed by atoms with van der Waals surface area (Å²) < 4.78 is 64.4. The predicted molar refractivity (Wildman–Crippen MR) is 65.8 cm³/mol. The van der Waals surface area contributed by atoms with Crippen LogP contribution in [-0.4, -0.2) is 0 Å². The van der Waals surface area contributed by atoms with E-state index in [1.807, 2.05) is 0 Å². The topological polar surface area (TPSA) is 35.8 Å². The van der Waals surface area contributed by atoms with Crippen LogP contribution in [0.2, 0.25) is 0 Å². The number of alkyl halides is 3. The lowest BCUT2D eigenvalue weighted by atomic mass is 10.1. The zero-order chi connectivity index (χ0) is 15.6. The molecule has 0 spiro atoms. The number of nitriles is 1. The molecule has 0 atom stereocenters.